The molecule has 3 N–H and O–H groups in total. The lowest BCUT2D eigenvalue weighted by atomic mass is 10.00. The molecule has 0 saturated carbocycles. The van der Waals surface area contributed by atoms with Crippen molar-refractivity contribution < 1.29 is 9.90 Å². The fraction of sp³-hybridized carbons (Fsp3) is 0.714. The van der Waals surface area contributed by atoms with Crippen LogP contribution in [-0.4, -0.2) is 43.9 Å². The number of nitrogen functional groups attached to an aromatic ring is 1. The molecule has 1 aromatic rings. The van der Waals surface area contributed by atoms with Gasteiger partial charge in [-0.2, -0.15) is 5.10 Å². The molecule has 2 atom stereocenters. The van der Waals surface area contributed by atoms with E-state index in [-0.39, 0.29) is 30.6 Å². The van der Waals surface area contributed by atoms with Crippen LogP contribution in [0.2, 0.25) is 0 Å². The van der Waals surface area contributed by atoms with Crippen molar-refractivity contribution in [1.29, 1.82) is 0 Å². The molecule has 0 spiro atoms. The summed E-state index contributed by atoms with van der Waals surface area (Å²) in [6.07, 6.45) is 3.18. The van der Waals surface area contributed by atoms with E-state index in [1.54, 1.807) is 4.68 Å². The Hall–Kier alpha value is -1.56. The number of aromatic nitrogens is 2. The Bertz CT molecular complexity index is 526. The van der Waals surface area contributed by atoms with Crippen LogP contribution in [-0.2, 0) is 11.3 Å². The van der Waals surface area contributed by atoms with E-state index in [2.05, 4.69) is 5.10 Å². The number of carbonyl (C=O) groups excluding carboxylic acids is 1. The first-order valence-corrected chi connectivity index (χ1v) is 7.26. The predicted molar refractivity (Wildman–Crippen MR) is 75.0 cm³/mol. The van der Waals surface area contributed by atoms with Gasteiger partial charge >= 0.3 is 0 Å². The average Bonchev–Trinajstić information content (AvgIpc) is 2.80. The number of carbonyl (C=O) groups is 1. The smallest absolute Gasteiger partial charge is 0.244 e. The van der Waals surface area contributed by atoms with Crippen LogP contribution < -0.4 is 5.73 Å². The largest absolute Gasteiger partial charge is 0.396 e. The van der Waals surface area contributed by atoms with Crippen LogP contribution in [0.3, 0.4) is 0 Å². The van der Waals surface area contributed by atoms with Crippen molar-refractivity contribution >= 4 is 11.6 Å². The molecule has 3 heterocycles. The van der Waals surface area contributed by atoms with Crippen molar-refractivity contribution in [2.75, 3.05) is 5.73 Å². The van der Waals surface area contributed by atoms with Gasteiger partial charge in [-0.3, -0.25) is 9.48 Å². The quantitative estimate of drug-likeness (QED) is 0.829. The van der Waals surface area contributed by atoms with Crippen molar-refractivity contribution in [3.8, 4) is 0 Å². The Balaban J connectivity index is 1.75. The molecule has 6 heteroatoms. The summed E-state index contributed by atoms with van der Waals surface area (Å²) < 4.78 is 1.69. The standard InChI is InChI=1S/C14H22N4O2/c1-8-14(15)9(2)17(16-8)7-13(20)18-10-3-4-11(18)6-12(19)5-10/h10-12,19H,3-7,15H2,1-2H3. The highest BCUT2D eigenvalue weighted by Crippen LogP contribution is 2.36. The molecule has 110 valence electrons. The van der Waals surface area contributed by atoms with E-state index in [0.29, 0.717) is 18.5 Å². The summed E-state index contributed by atoms with van der Waals surface area (Å²) in [6, 6.07) is 0.399. The van der Waals surface area contributed by atoms with Gasteiger partial charge in [0.05, 0.1) is 23.2 Å². The van der Waals surface area contributed by atoms with Gasteiger partial charge in [-0.05, 0) is 39.5 Å². The molecule has 20 heavy (non-hydrogen) atoms. The van der Waals surface area contributed by atoms with E-state index in [1.807, 2.05) is 18.7 Å². The number of fused-ring (bicyclic) bond motifs is 2. The predicted octanol–water partition coefficient (Wildman–Crippen LogP) is 0.596. The van der Waals surface area contributed by atoms with Gasteiger partial charge in [-0.1, -0.05) is 0 Å². The van der Waals surface area contributed by atoms with Crippen molar-refractivity contribution in [2.24, 2.45) is 0 Å². The fourth-order valence-corrected chi connectivity index (χ4v) is 3.63. The van der Waals surface area contributed by atoms with Crippen LogP contribution >= 0.6 is 0 Å². The van der Waals surface area contributed by atoms with Crippen molar-refractivity contribution in [3.63, 3.8) is 0 Å². The Morgan fingerprint density at radius 3 is 2.45 bits per heavy atom. The molecule has 1 aromatic heterocycles. The first-order chi connectivity index (χ1) is 9.47. The van der Waals surface area contributed by atoms with Crippen LogP contribution in [0.25, 0.3) is 0 Å². The monoisotopic (exact) mass is 278 g/mol. The molecule has 3 rings (SSSR count). The minimum Gasteiger partial charge on any atom is -0.396 e. The maximum absolute atomic E-state index is 12.6. The summed E-state index contributed by atoms with van der Waals surface area (Å²) in [5.41, 5.74) is 8.18. The molecule has 2 bridgehead atoms. The second kappa shape index (κ2) is 4.77. The lowest BCUT2D eigenvalue weighted by Gasteiger charge is -2.37. The summed E-state index contributed by atoms with van der Waals surface area (Å²) in [6.45, 7) is 3.98. The fourth-order valence-electron chi connectivity index (χ4n) is 3.63. The van der Waals surface area contributed by atoms with Gasteiger partial charge in [0.15, 0.2) is 0 Å². The SMILES string of the molecule is Cc1nn(CC(=O)N2C3CCC2CC(O)C3)c(C)c1N. The van der Waals surface area contributed by atoms with Crippen LogP contribution in [0.15, 0.2) is 0 Å². The summed E-state index contributed by atoms with van der Waals surface area (Å²) in [5, 5.41) is 14.1. The zero-order valence-corrected chi connectivity index (χ0v) is 12.0. The van der Waals surface area contributed by atoms with Crippen molar-refractivity contribution in [2.45, 2.75) is 64.3 Å². The van der Waals surface area contributed by atoms with E-state index in [4.69, 9.17) is 5.73 Å². The van der Waals surface area contributed by atoms with Crippen LogP contribution in [0.1, 0.15) is 37.1 Å². The minimum atomic E-state index is -0.249. The van der Waals surface area contributed by atoms with Gasteiger partial charge < -0.3 is 15.7 Å². The van der Waals surface area contributed by atoms with Crippen LogP contribution in [0.5, 0.6) is 0 Å². The highest BCUT2D eigenvalue weighted by Gasteiger charge is 2.42. The van der Waals surface area contributed by atoms with Crippen molar-refractivity contribution in [3.05, 3.63) is 11.4 Å². The van der Waals surface area contributed by atoms with E-state index >= 15 is 0 Å². The van der Waals surface area contributed by atoms with Gasteiger partial charge in [0.1, 0.15) is 6.54 Å². The number of anilines is 1. The number of nitrogens with two attached hydrogens (primary N) is 1. The number of hydrogen-bond acceptors (Lipinski definition) is 4. The van der Waals surface area contributed by atoms with Gasteiger partial charge in [-0.15, -0.1) is 0 Å². The number of piperidine rings is 1. The van der Waals surface area contributed by atoms with Crippen molar-refractivity contribution in [1.82, 2.24) is 14.7 Å². The maximum Gasteiger partial charge on any atom is 0.244 e. The van der Waals surface area contributed by atoms with E-state index in [0.717, 1.165) is 24.2 Å². The third-order valence-electron chi connectivity index (χ3n) is 4.72. The highest BCUT2D eigenvalue weighted by molar-refractivity contribution is 5.77. The van der Waals surface area contributed by atoms with E-state index in [9.17, 15) is 9.90 Å². The second-order valence-corrected chi connectivity index (χ2v) is 6.05. The maximum atomic E-state index is 12.6. The zero-order chi connectivity index (χ0) is 14.4. The summed E-state index contributed by atoms with van der Waals surface area (Å²) in [7, 11) is 0. The number of nitrogens with zero attached hydrogens (tertiary/aromatic N) is 3. The molecular formula is C14H22N4O2. The second-order valence-electron chi connectivity index (χ2n) is 6.05. The molecule has 2 fully saturated rings. The molecule has 2 unspecified atom stereocenters. The molecule has 6 nitrogen and oxygen atoms in total. The first kappa shape index (κ1) is 13.4. The van der Waals surface area contributed by atoms with Gasteiger partial charge in [-0.25, -0.2) is 0 Å². The third kappa shape index (κ3) is 2.08. The van der Waals surface area contributed by atoms with Crippen LogP contribution in [0.4, 0.5) is 5.69 Å². The Labute approximate surface area is 118 Å². The topological polar surface area (TPSA) is 84.4 Å². The van der Waals surface area contributed by atoms with Gasteiger partial charge in [0.2, 0.25) is 5.91 Å². The summed E-state index contributed by atoms with van der Waals surface area (Å²) >= 11 is 0. The number of amides is 1. The molecule has 2 saturated heterocycles. The Kier molecular flexibility index (Phi) is 3.20. The van der Waals surface area contributed by atoms with Gasteiger partial charge in [0, 0.05) is 12.1 Å². The number of aliphatic hydroxyl groups is 1. The zero-order valence-electron chi connectivity index (χ0n) is 12.0. The minimum absolute atomic E-state index is 0.0926. The molecule has 0 aromatic carbocycles. The Morgan fingerprint density at radius 1 is 1.35 bits per heavy atom. The Morgan fingerprint density at radius 2 is 1.95 bits per heavy atom. The lowest BCUT2D eigenvalue weighted by Crippen LogP contribution is -2.49. The molecular weight excluding hydrogens is 256 g/mol. The first-order valence-electron chi connectivity index (χ1n) is 7.26. The van der Waals surface area contributed by atoms with E-state index in [1.165, 1.54) is 0 Å². The number of hydrogen-bond donors (Lipinski definition) is 2. The average molecular weight is 278 g/mol. The number of aliphatic hydroxyl groups excluding tert-OH is 1. The molecule has 2 aliphatic heterocycles. The molecule has 2 aliphatic rings. The summed E-state index contributed by atoms with van der Waals surface area (Å²) in [4.78, 5) is 14.5. The summed E-state index contributed by atoms with van der Waals surface area (Å²) in [5.74, 6) is 0.0926. The van der Waals surface area contributed by atoms with Crippen LogP contribution in [0, 0.1) is 13.8 Å². The lowest BCUT2D eigenvalue weighted by molar-refractivity contribution is -0.138. The molecule has 0 radical (unpaired) electrons. The highest BCUT2D eigenvalue weighted by atomic mass is 16.3. The molecule has 1 amide bonds. The van der Waals surface area contributed by atoms with E-state index < -0.39 is 0 Å². The normalized spacial score (nSPS) is 28.9. The third-order valence-corrected chi connectivity index (χ3v) is 4.72. The van der Waals surface area contributed by atoms with Gasteiger partial charge in [0.25, 0.3) is 0 Å². The molecule has 0 aliphatic carbocycles. The number of rotatable bonds is 2. The number of aryl methyl sites for hydroxylation is 1.